The first-order chi connectivity index (χ1) is 10.6. The molecule has 0 spiro atoms. The fourth-order valence-corrected chi connectivity index (χ4v) is 1.98. The summed E-state index contributed by atoms with van der Waals surface area (Å²) in [7, 11) is 3.17. The smallest absolute Gasteiger partial charge is 0.168 e. The highest BCUT2D eigenvalue weighted by molar-refractivity contribution is 6.03. The quantitative estimate of drug-likeness (QED) is 0.598. The summed E-state index contributed by atoms with van der Waals surface area (Å²) in [6.45, 7) is 1.99. The minimum atomic E-state index is 0.0382. The van der Waals surface area contributed by atoms with Gasteiger partial charge in [-0.05, 0) is 19.1 Å². The van der Waals surface area contributed by atoms with Crippen LogP contribution in [0.5, 0.6) is 11.5 Å². The van der Waals surface area contributed by atoms with Crippen molar-refractivity contribution in [3.8, 4) is 11.5 Å². The predicted molar refractivity (Wildman–Crippen MR) is 87.8 cm³/mol. The molecule has 0 N–H and O–H groups in total. The zero-order valence-corrected chi connectivity index (χ0v) is 13.0. The summed E-state index contributed by atoms with van der Waals surface area (Å²) in [5.74, 6) is 1.35. The summed E-state index contributed by atoms with van der Waals surface area (Å²) >= 11 is 0. The summed E-state index contributed by atoms with van der Waals surface area (Å²) in [5, 5.41) is 0. The van der Waals surface area contributed by atoms with Crippen LogP contribution in [0, 0.1) is 6.92 Å². The summed E-state index contributed by atoms with van der Waals surface area (Å²) in [6, 6.07) is 12.9. The normalized spacial score (nSPS) is 10.7. The minimum absolute atomic E-state index is 0.0382. The van der Waals surface area contributed by atoms with Crippen LogP contribution >= 0.6 is 0 Å². The number of methoxy groups -OCH3 is 2. The van der Waals surface area contributed by atoms with Crippen LogP contribution in [-0.2, 0) is 0 Å². The molecule has 22 heavy (non-hydrogen) atoms. The van der Waals surface area contributed by atoms with Crippen molar-refractivity contribution in [2.75, 3.05) is 14.2 Å². The van der Waals surface area contributed by atoms with Crippen LogP contribution in [0.25, 0.3) is 0 Å². The van der Waals surface area contributed by atoms with E-state index in [1.54, 1.807) is 38.6 Å². The third-order valence-electron chi connectivity index (χ3n) is 3.27. The Morgan fingerprint density at radius 2 is 1.82 bits per heavy atom. The standard InChI is InChI=1S/C18H19NO3/c1-13-4-6-14(7-5-13)17(20)10-11-19-16-9-8-15(21-2)12-18(16)22-3/h4-9,11-12H,10H2,1-3H3. The van der Waals surface area contributed by atoms with Crippen molar-refractivity contribution in [3.63, 3.8) is 0 Å². The first-order valence-corrected chi connectivity index (χ1v) is 6.98. The summed E-state index contributed by atoms with van der Waals surface area (Å²) in [6.07, 6.45) is 1.85. The van der Waals surface area contributed by atoms with Gasteiger partial charge in [0.15, 0.2) is 5.78 Å². The third-order valence-corrected chi connectivity index (χ3v) is 3.27. The summed E-state index contributed by atoms with van der Waals surface area (Å²) in [4.78, 5) is 16.4. The van der Waals surface area contributed by atoms with E-state index < -0.39 is 0 Å². The second-order valence-electron chi connectivity index (χ2n) is 4.84. The monoisotopic (exact) mass is 297 g/mol. The number of nitrogens with zero attached hydrogens (tertiary/aromatic N) is 1. The molecule has 2 aromatic carbocycles. The van der Waals surface area contributed by atoms with Crippen molar-refractivity contribution in [2.24, 2.45) is 4.99 Å². The molecule has 2 rings (SSSR count). The lowest BCUT2D eigenvalue weighted by Crippen LogP contribution is -1.99. The molecule has 0 saturated heterocycles. The van der Waals surface area contributed by atoms with E-state index in [4.69, 9.17) is 9.47 Å². The number of ether oxygens (including phenoxy) is 2. The van der Waals surface area contributed by atoms with Crippen LogP contribution in [0.1, 0.15) is 22.3 Å². The van der Waals surface area contributed by atoms with Crippen LogP contribution in [0.2, 0.25) is 0 Å². The molecule has 0 radical (unpaired) electrons. The van der Waals surface area contributed by atoms with Gasteiger partial charge in [0.05, 0.1) is 14.2 Å². The minimum Gasteiger partial charge on any atom is -0.497 e. The highest BCUT2D eigenvalue weighted by Crippen LogP contribution is 2.31. The van der Waals surface area contributed by atoms with Crippen LogP contribution in [0.15, 0.2) is 47.5 Å². The maximum atomic E-state index is 12.1. The number of carbonyl (C=O) groups excluding carboxylic acids is 1. The third kappa shape index (κ3) is 3.95. The lowest BCUT2D eigenvalue weighted by Gasteiger charge is -2.06. The Kier molecular flexibility index (Phi) is 5.31. The number of ketones is 1. The van der Waals surface area contributed by atoms with E-state index in [2.05, 4.69) is 4.99 Å². The Bertz CT molecular complexity index is 675. The van der Waals surface area contributed by atoms with Gasteiger partial charge < -0.3 is 9.47 Å². The number of carbonyl (C=O) groups is 1. The van der Waals surface area contributed by atoms with E-state index in [1.165, 1.54) is 0 Å². The van der Waals surface area contributed by atoms with E-state index in [-0.39, 0.29) is 12.2 Å². The number of hydrogen-bond acceptors (Lipinski definition) is 4. The zero-order valence-electron chi connectivity index (χ0n) is 13.0. The molecule has 4 nitrogen and oxygen atoms in total. The van der Waals surface area contributed by atoms with Gasteiger partial charge in [0.2, 0.25) is 0 Å². The molecule has 0 bridgehead atoms. The van der Waals surface area contributed by atoms with Gasteiger partial charge in [-0.15, -0.1) is 0 Å². The SMILES string of the molecule is COc1ccc(N=CCC(=O)c2ccc(C)cc2)c(OC)c1. The number of Topliss-reactive ketones (excluding diaryl/α,β-unsaturated/α-hetero) is 1. The molecular weight excluding hydrogens is 278 g/mol. The Balaban J connectivity index is 2.06. The van der Waals surface area contributed by atoms with Gasteiger partial charge in [0.1, 0.15) is 17.2 Å². The molecule has 4 heteroatoms. The summed E-state index contributed by atoms with van der Waals surface area (Å²) in [5.41, 5.74) is 2.49. The number of aryl methyl sites for hydroxylation is 1. The molecule has 0 aromatic heterocycles. The van der Waals surface area contributed by atoms with E-state index in [1.807, 2.05) is 31.2 Å². The molecule has 0 amide bonds. The van der Waals surface area contributed by atoms with Gasteiger partial charge in [0.25, 0.3) is 0 Å². The fourth-order valence-electron chi connectivity index (χ4n) is 1.98. The molecule has 0 saturated carbocycles. The van der Waals surface area contributed by atoms with Gasteiger partial charge in [-0.1, -0.05) is 29.8 Å². The topological polar surface area (TPSA) is 47.9 Å². The summed E-state index contributed by atoms with van der Waals surface area (Å²) < 4.78 is 10.4. The molecule has 0 atom stereocenters. The van der Waals surface area contributed by atoms with E-state index in [0.29, 0.717) is 22.7 Å². The van der Waals surface area contributed by atoms with Crippen molar-refractivity contribution in [1.29, 1.82) is 0 Å². The largest absolute Gasteiger partial charge is 0.497 e. The molecule has 0 fully saturated rings. The second kappa shape index (κ2) is 7.41. The van der Waals surface area contributed by atoms with Crippen LogP contribution in [-0.4, -0.2) is 26.2 Å². The second-order valence-corrected chi connectivity index (χ2v) is 4.84. The average Bonchev–Trinajstić information content (AvgIpc) is 2.55. The predicted octanol–water partition coefficient (Wildman–Crippen LogP) is 3.99. The van der Waals surface area contributed by atoms with Crippen molar-refractivity contribution < 1.29 is 14.3 Å². The molecule has 2 aromatic rings. The van der Waals surface area contributed by atoms with Crippen LogP contribution in [0.3, 0.4) is 0 Å². The fraction of sp³-hybridized carbons (Fsp3) is 0.222. The molecule has 0 aliphatic heterocycles. The molecule has 0 unspecified atom stereocenters. The lowest BCUT2D eigenvalue weighted by molar-refractivity contribution is 0.100. The zero-order chi connectivity index (χ0) is 15.9. The highest BCUT2D eigenvalue weighted by Gasteiger charge is 2.05. The maximum Gasteiger partial charge on any atom is 0.168 e. The molecule has 114 valence electrons. The van der Waals surface area contributed by atoms with E-state index >= 15 is 0 Å². The lowest BCUT2D eigenvalue weighted by atomic mass is 10.1. The van der Waals surface area contributed by atoms with Gasteiger partial charge in [0, 0.05) is 24.3 Å². The van der Waals surface area contributed by atoms with Gasteiger partial charge in [-0.2, -0.15) is 0 Å². The Labute approximate surface area is 130 Å². The van der Waals surface area contributed by atoms with Crippen LogP contribution < -0.4 is 9.47 Å². The van der Waals surface area contributed by atoms with Crippen LogP contribution in [0.4, 0.5) is 5.69 Å². The molecule has 0 aliphatic rings. The number of aliphatic imine (C=N–C) groups is 1. The number of benzene rings is 2. The van der Waals surface area contributed by atoms with Gasteiger partial charge in [-0.3, -0.25) is 9.79 Å². The average molecular weight is 297 g/mol. The van der Waals surface area contributed by atoms with E-state index in [0.717, 1.165) is 5.56 Å². The maximum absolute atomic E-state index is 12.1. The van der Waals surface area contributed by atoms with Crippen molar-refractivity contribution >= 4 is 17.7 Å². The van der Waals surface area contributed by atoms with Crippen molar-refractivity contribution in [1.82, 2.24) is 0 Å². The molecule has 0 aliphatic carbocycles. The van der Waals surface area contributed by atoms with Crippen molar-refractivity contribution in [2.45, 2.75) is 13.3 Å². The first-order valence-electron chi connectivity index (χ1n) is 6.98. The van der Waals surface area contributed by atoms with Gasteiger partial charge >= 0.3 is 0 Å². The Morgan fingerprint density at radius 3 is 2.45 bits per heavy atom. The highest BCUT2D eigenvalue weighted by atomic mass is 16.5. The number of hydrogen-bond donors (Lipinski definition) is 0. The Hall–Kier alpha value is -2.62. The molecular formula is C18H19NO3. The van der Waals surface area contributed by atoms with E-state index in [9.17, 15) is 4.79 Å². The molecule has 0 heterocycles. The Morgan fingerprint density at radius 1 is 1.09 bits per heavy atom. The number of rotatable bonds is 6. The first kappa shape index (κ1) is 15.8. The van der Waals surface area contributed by atoms with Crippen molar-refractivity contribution in [3.05, 3.63) is 53.6 Å². The van der Waals surface area contributed by atoms with Gasteiger partial charge in [-0.25, -0.2) is 0 Å².